The van der Waals surface area contributed by atoms with Crippen molar-refractivity contribution in [2.75, 3.05) is 5.32 Å². The van der Waals surface area contributed by atoms with Crippen LogP contribution in [-0.2, 0) is 4.79 Å². The van der Waals surface area contributed by atoms with E-state index in [1.807, 2.05) is 0 Å². The number of nitrogens with one attached hydrogen (secondary N) is 1. The Morgan fingerprint density at radius 1 is 1.47 bits per heavy atom. The van der Waals surface area contributed by atoms with Gasteiger partial charge in [-0.3, -0.25) is 9.78 Å². The second-order valence-corrected chi connectivity index (χ2v) is 5.04. The van der Waals surface area contributed by atoms with E-state index >= 15 is 0 Å². The first kappa shape index (κ1) is 12.3. The number of amides is 1. The summed E-state index contributed by atoms with van der Waals surface area (Å²) in [6, 6.07) is 1.79. The average molecular weight is 295 g/mol. The highest BCUT2D eigenvalue weighted by atomic mass is 79.9. The minimum absolute atomic E-state index is 0.0463. The number of hydrogen-bond donors (Lipinski definition) is 1. The molecule has 17 heavy (non-hydrogen) atoms. The standard InChI is InChI=1S/C13H15BrN2O/c14-11-9-15-7-6-12(11)16-13(17)8-10-4-2-1-3-5-10/h4,6-7,9H,1-3,5,8H2,(H,15,16,17). The highest BCUT2D eigenvalue weighted by Crippen LogP contribution is 2.23. The van der Waals surface area contributed by atoms with Gasteiger partial charge in [-0.25, -0.2) is 0 Å². The first-order chi connectivity index (χ1) is 8.25. The normalized spacial score (nSPS) is 15.2. The van der Waals surface area contributed by atoms with Crippen molar-refractivity contribution in [3.05, 3.63) is 34.6 Å². The van der Waals surface area contributed by atoms with Gasteiger partial charge in [-0.05, 0) is 47.7 Å². The Bertz CT molecular complexity index is 443. The van der Waals surface area contributed by atoms with Crippen molar-refractivity contribution in [3.63, 3.8) is 0 Å². The molecule has 3 nitrogen and oxygen atoms in total. The summed E-state index contributed by atoms with van der Waals surface area (Å²) in [7, 11) is 0. The van der Waals surface area contributed by atoms with Gasteiger partial charge >= 0.3 is 0 Å². The van der Waals surface area contributed by atoms with Crippen LogP contribution >= 0.6 is 15.9 Å². The number of carbonyl (C=O) groups excluding carboxylic acids is 1. The second-order valence-electron chi connectivity index (χ2n) is 4.19. The average Bonchev–Trinajstić information content (AvgIpc) is 2.33. The van der Waals surface area contributed by atoms with Crippen LogP contribution in [0, 0.1) is 0 Å². The molecule has 0 spiro atoms. The molecule has 0 bridgehead atoms. The first-order valence-corrected chi connectivity index (χ1v) is 6.62. The molecule has 0 saturated heterocycles. The van der Waals surface area contributed by atoms with Gasteiger partial charge in [0.2, 0.25) is 5.91 Å². The highest BCUT2D eigenvalue weighted by molar-refractivity contribution is 9.10. The lowest BCUT2D eigenvalue weighted by molar-refractivity contribution is -0.115. The Hall–Kier alpha value is -1.16. The lowest BCUT2D eigenvalue weighted by atomic mass is 9.97. The quantitative estimate of drug-likeness (QED) is 0.864. The van der Waals surface area contributed by atoms with Gasteiger partial charge in [-0.1, -0.05) is 11.6 Å². The fourth-order valence-corrected chi connectivity index (χ4v) is 2.29. The summed E-state index contributed by atoms with van der Waals surface area (Å²) in [5.41, 5.74) is 2.04. The number of pyridine rings is 1. The largest absolute Gasteiger partial charge is 0.325 e. The number of allylic oxidation sites excluding steroid dienone is 1. The molecule has 1 N–H and O–H groups in total. The molecule has 0 aromatic carbocycles. The minimum atomic E-state index is 0.0463. The van der Waals surface area contributed by atoms with E-state index in [1.165, 1.54) is 18.4 Å². The Labute approximate surface area is 109 Å². The summed E-state index contributed by atoms with van der Waals surface area (Å²) < 4.78 is 0.811. The molecule has 2 rings (SSSR count). The maximum absolute atomic E-state index is 11.8. The van der Waals surface area contributed by atoms with Crippen LogP contribution in [0.1, 0.15) is 32.1 Å². The molecule has 1 aromatic rings. The predicted octanol–water partition coefficient (Wildman–Crippen LogP) is 3.67. The third-order valence-electron chi connectivity index (χ3n) is 2.82. The highest BCUT2D eigenvalue weighted by Gasteiger charge is 2.10. The summed E-state index contributed by atoms with van der Waals surface area (Å²) in [6.45, 7) is 0. The number of anilines is 1. The molecule has 4 heteroatoms. The first-order valence-electron chi connectivity index (χ1n) is 5.83. The maximum atomic E-state index is 11.8. The topological polar surface area (TPSA) is 42.0 Å². The van der Waals surface area contributed by atoms with E-state index in [9.17, 15) is 4.79 Å². The summed E-state index contributed by atoms with van der Waals surface area (Å²) >= 11 is 3.36. The van der Waals surface area contributed by atoms with Crippen LogP contribution in [0.3, 0.4) is 0 Å². The molecule has 1 aromatic heterocycles. The van der Waals surface area contributed by atoms with Gasteiger partial charge < -0.3 is 5.32 Å². The monoisotopic (exact) mass is 294 g/mol. The molecule has 0 saturated carbocycles. The van der Waals surface area contributed by atoms with Crippen LogP contribution in [0.4, 0.5) is 5.69 Å². The molecule has 1 aliphatic carbocycles. The number of nitrogens with zero attached hydrogens (tertiary/aromatic N) is 1. The van der Waals surface area contributed by atoms with Crippen molar-refractivity contribution in [2.24, 2.45) is 0 Å². The van der Waals surface area contributed by atoms with Crippen molar-refractivity contribution in [1.82, 2.24) is 4.98 Å². The third-order valence-corrected chi connectivity index (χ3v) is 3.45. The van der Waals surface area contributed by atoms with Crippen molar-refractivity contribution < 1.29 is 4.79 Å². The minimum Gasteiger partial charge on any atom is -0.325 e. The molecular formula is C13H15BrN2O. The Morgan fingerprint density at radius 2 is 2.35 bits per heavy atom. The molecule has 1 amide bonds. The lowest BCUT2D eigenvalue weighted by Crippen LogP contribution is -2.13. The molecule has 0 atom stereocenters. The van der Waals surface area contributed by atoms with Crippen LogP contribution in [0.2, 0.25) is 0 Å². The van der Waals surface area contributed by atoms with Gasteiger partial charge in [0.1, 0.15) is 0 Å². The number of aromatic nitrogens is 1. The fraction of sp³-hybridized carbons (Fsp3) is 0.385. The number of rotatable bonds is 3. The summed E-state index contributed by atoms with van der Waals surface area (Å²) in [4.78, 5) is 15.8. The third kappa shape index (κ3) is 3.66. The van der Waals surface area contributed by atoms with Crippen LogP contribution in [-0.4, -0.2) is 10.9 Å². The molecule has 0 radical (unpaired) electrons. The molecule has 0 fully saturated rings. The fourth-order valence-electron chi connectivity index (χ4n) is 1.94. The zero-order chi connectivity index (χ0) is 12.1. The van der Waals surface area contributed by atoms with E-state index in [0.717, 1.165) is 23.0 Å². The van der Waals surface area contributed by atoms with E-state index < -0.39 is 0 Å². The summed E-state index contributed by atoms with van der Waals surface area (Å²) in [5.74, 6) is 0.0463. The van der Waals surface area contributed by atoms with E-state index in [0.29, 0.717) is 6.42 Å². The summed E-state index contributed by atoms with van der Waals surface area (Å²) in [6.07, 6.45) is 10.7. The molecule has 0 aliphatic heterocycles. The smallest absolute Gasteiger partial charge is 0.228 e. The van der Waals surface area contributed by atoms with Gasteiger partial charge in [-0.15, -0.1) is 0 Å². The van der Waals surface area contributed by atoms with Crippen LogP contribution in [0.5, 0.6) is 0 Å². The number of halogens is 1. The maximum Gasteiger partial charge on any atom is 0.228 e. The SMILES string of the molecule is O=C(CC1=CCCCC1)Nc1ccncc1Br. The number of carbonyl (C=O) groups is 1. The van der Waals surface area contributed by atoms with E-state index in [2.05, 4.69) is 32.3 Å². The zero-order valence-electron chi connectivity index (χ0n) is 9.58. The lowest BCUT2D eigenvalue weighted by Gasteiger charge is -2.12. The Balaban J connectivity index is 1.93. The van der Waals surface area contributed by atoms with E-state index in [-0.39, 0.29) is 5.91 Å². The van der Waals surface area contributed by atoms with Crippen molar-refractivity contribution in [3.8, 4) is 0 Å². The van der Waals surface area contributed by atoms with E-state index in [4.69, 9.17) is 0 Å². The molecule has 1 heterocycles. The van der Waals surface area contributed by atoms with Crippen molar-refractivity contribution in [1.29, 1.82) is 0 Å². The molecule has 90 valence electrons. The van der Waals surface area contributed by atoms with Gasteiger partial charge in [0.15, 0.2) is 0 Å². The van der Waals surface area contributed by atoms with Crippen molar-refractivity contribution >= 4 is 27.5 Å². The Morgan fingerprint density at radius 3 is 3.06 bits per heavy atom. The van der Waals surface area contributed by atoms with E-state index in [1.54, 1.807) is 18.5 Å². The van der Waals surface area contributed by atoms with Crippen LogP contribution in [0.25, 0.3) is 0 Å². The second kappa shape index (κ2) is 5.96. The van der Waals surface area contributed by atoms with Gasteiger partial charge in [0, 0.05) is 18.8 Å². The predicted molar refractivity (Wildman–Crippen MR) is 71.7 cm³/mol. The van der Waals surface area contributed by atoms with Crippen molar-refractivity contribution in [2.45, 2.75) is 32.1 Å². The van der Waals surface area contributed by atoms with Gasteiger partial charge in [-0.2, -0.15) is 0 Å². The molecule has 1 aliphatic rings. The number of hydrogen-bond acceptors (Lipinski definition) is 2. The van der Waals surface area contributed by atoms with Crippen LogP contribution in [0.15, 0.2) is 34.6 Å². The molecular weight excluding hydrogens is 280 g/mol. The molecule has 0 unspecified atom stereocenters. The Kier molecular flexibility index (Phi) is 4.31. The summed E-state index contributed by atoms with van der Waals surface area (Å²) in [5, 5.41) is 2.89. The van der Waals surface area contributed by atoms with Crippen LogP contribution < -0.4 is 5.32 Å². The zero-order valence-corrected chi connectivity index (χ0v) is 11.2. The van der Waals surface area contributed by atoms with Gasteiger partial charge in [0.25, 0.3) is 0 Å². The van der Waals surface area contributed by atoms with Gasteiger partial charge in [0.05, 0.1) is 10.2 Å².